The Kier molecular flexibility index (Phi) is 5.05. The second-order valence-corrected chi connectivity index (χ2v) is 6.55. The summed E-state index contributed by atoms with van der Waals surface area (Å²) in [5, 5.41) is 8.15. The average Bonchev–Trinajstić information content (AvgIpc) is 2.81. The van der Waals surface area contributed by atoms with Gasteiger partial charge < -0.3 is 5.32 Å². The summed E-state index contributed by atoms with van der Waals surface area (Å²) in [7, 11) is 0. The normalized spacial score (nSPS) is 26.9. The molecule has 0 spiro atoms. The molecule has 0 radical (unpaired) electrons. The Morgan fingerprint density at radius 1 is 1.35 bits per heavy atom. The van der Waals surface area contributed by atoms with Crippen molar-refractivity contribution in [2.45, 2.75) is 52.0 Å². The highest BCUT2D eigenvalue weighted by molar-refractivity contribution is 7.07. The molecule has 1 unspecified atom stereocenters. The summed E-state index contributed by atoms with van der Waals surface area (Å²) in [6, 6.07) is 2.86. The lowest BCUT2D eigenvalue weighted by atomic mass is 9.83. The van der Waals surface area contributed by atoms with Gasteiger partial charge in [0.1, 0.15) is 0 Å². The van der Waals surface area contributed by atoms with Crippen molar-refractivity contribution in [1.82, 2.24) is 5.32 Å². The maximum atomic E-state index is 3.71. The van der Waals surface area contributed by atoms with Crippen molar-refractivity contribution in [3.8, 4) is 0 Å². The zero-order chi connectivity index (χ0) is 12.1. The van der Waals surface area contributed by atoms with Gasteiger partial charge in [0.15, 0.2) is 0 Å². The van der Waals surface area contributed by atoms with Gasteiger partial charge in [0.05, 0.1) is 0 Å². The molecule has 96 valence electrons. The SMILES string of the molecule is CC1CCC(CNC(C)Cc2ccsc2)CC1. The summed E-state index contributed by atoms with van der Waals surface area (Å²) < 4.78 is 0. The molecule has 1 fully saturated rings. The van der Waals surface area contributed by atoms with Gasteiger partial charge in [-0.3, -0.25) is 0 Å². The predicted molar refractivity (Wildman–Crippen MR) is 76.6 cm³/mol. The molecule has 1 nitrogen and oxygen atoms in total. The van der Waals surface area contributed by atoms with Gasteiger partial charge in [-0.2, -0.15) is 11.3 Å². The van der Waals surface area contributed by atoms with E-state index in [4.69, 9.17) is 0 Å². The molecule has 1 saturated carbocycles. The van der Waals surface area contributed by atoms with E-state index in [9.17, 15) is 0 Å². The average molecular weight is 251 g/mol. The van der Waals surface area contributed by atoms with Crippen molar-refractivity contribution in [3.63, 3.8) is 0 Å². The standard InChI is InChI=1S/C15H25NS/c1-12-3-5-14(6-4-12)10-16-13(2)9-15-7-8-17-11-15/h7-8,11-14,16H,3-6,9-10H2,1-2H3. The molecule has 2 heteroatoms. The zero-order valence-corrected chi connectivity index (χ0v) is 11.9. The first-order valence-electron chi connectivity index (χ1n) is 6.98. The third kappa shape index (κ3) is 4.44. The maximum Gasteiger partial charge on any atom is 0.00795 e. The van der Waals surface area contributed by atoms with Gasteiger partial charge in [0.25, 0.3) is 0 Å². The minimum atomic E-state index is 0.615. The van der Waals surface area contributed by atoms with Gasteiger partial charge in [0, 0.05) is 6.04 Å². The number of nitrogens with one attached hydrogen (secondary N) is 1. The maximum absolute atomic E-state index is 3.71. The number of rotatable bonds is 5. The van der Waals surface area contributed by atoms with Crippen LogP contribution in [0.3, 0.4) is 0 Å². The largest absolute Gasteiger partial charge is 0.314 e. The van der Waals surface area contributed by atoms with Crippen LogP contribution < -0.4 is 5.32 Å². The van der Waals surface area contributed by atoms with E-state index < -0.39 is 0 Å². The summed E-state index contributed by atoms with van der Waals surface area (Å²) in [6.07, 6.45) is 6.90. The monoisotopic (exact) mass is 251 g/mol. The minimum Gasteiger partial charge on any atom is -0.314 e. The van der Waals surface area contributed by atoms with Crippen molar-refractivity contribution in [3.05, 3.63) is 22.4 Å². The van der Waals surface area contributed by atoms with Gasteiger partial charge >= 0.3 is 0 Å². The van der Waals surface area contributed by atoms with E-state index in [-0.39, 0.29) is 0 Å². The molecule has 1 aliphatic rings. The van der Waals surface area contributed by atoms with Gasteiger partial charge in [0.2, 0.25) is 0 Å². The van der Waals surface area contributed by atoms with Crippen LogP contribution in [-0.2, 0) is 6.42 Å². The molecule has 0 saturated heterocycles. The second-order valence-electron chi connectivity index (χ2n) is 5.77. The first kappa shape index (κ1) is 13.1. The van der Waals surface area contributed by atoms with Crippen LogP contribution in [0.2, 0.25) is 0 Å². The molecular formula is C15H25NS. The Morgan fingerprint density at radius 2 is 2.12 bits per heavy atom. The molecule has 0 amide bonds. The van der Waals surface area contributed by atoms with E-state index in [0.29, 0.717) is 6.04 Å². The van der Waals surface area contributed by atoms with Gasteiger partial charge in [-0.05, 0) is 67.0 Å². The Labute approximate surface area is 110 Å². The van der Waals surface area contributed by atoms with Crippen LogP contribution >= 0.6 is 11.3 Å². The molecule has 1 atom stereocenters. The number of hydrogen-bond donors (Lipinski definition) is 1. The minimum absolute atomic E-state index is 0.615. The lowest BCUT2D eigenvalue weighted by Crippen LogP contribution is -2.33. The summed E-state index contributed by atoms with van der Waals surface area (Å²) in [5.74, 6) is 1.89. The van der Waals surface area contributed by atoms with E-state index in [1.807, 2.05) is 0 Å². The summed E-state index contributed by atoms with van der Waals surface area (Å²) >= 11 is 1.80. The molecule has 1 aromatic heterocycles. The lowest BCUT2D eigenvalue weighted by Gasteiger charge is -2.27. The van der Waals surface area contributed by atoms with Crippen LogP contribution in [0.5, 0.6) is 0 Å². The Balaban J connectivity index is 1.64. The molecule has 1 N–H and O–H groups in total. The van der Waals surface area contributed by atoms with Crippen LogP contribution in [-0.4, -0.2) is 12.6 Å². The molecule has 2 rings (SSSR count). The molecule has 1 aromatic rings. The fraction of sp³-hybridized carbons (Fsp3) is 0.733. The highest BCUT2D eigenvalue weighted by Gasteiger charge is 2.18. The van der Waals surface area contributed by atoms with E-state index in [1.165, 1.54) is 44.2 Å². The van der Waals surface area contributed by atoms with Crippen molar-refractivity contribution < 1.29 is 0 Å². The van der Waals surface area contributed by atoms with Crippen LogP contribution in [0.15, 0.2) is 16.8 Å². The fourth-order valence-corrected chi connectivity index (χ4v) is 3.42. The van der Waals surface area contributed by atoms with E-state index in [2.05, 4.69) is 36.0 Å². The topological polar surface area (TPSA) is 12.0 Å². The van der Waals surface area contributed by atoms with Gasteiger partial charge in [-0.15, -0.1) is 0 Å². The van der Waals surface area contributed by atoms with E-state index in [1.54, 1.807) is 11.3 Å². The third-order valence-electron chi connectivity index (χ3n) is 4.01. The Bertz CT molecular complexity index is 299. The molecule has 1 aliphatic carbocycles. The zero-order valence-electron chi connectivity index (χ0n) is 11.1. The van der Waals surface area contributed by atoms with E-state index in [0.717, 1.165) is 11.8 Å². The third-order valence-corrected chi connectivity index (χ3v) is 4.74. The van der Waals surface area contributed by atoms with E-state index >= 15 is 0 Å². The summed E-state index contributed by atoms with van der Waals surface area (Å²) in [4.78, 5) is 0. The molecule has 0 bridgehead atoms. The Morgan fingerprint density at radius 3 is 2.76 bits per heavy atom. The second kappa shape index (κ2) is 6.55. The van der Waals surface area contributed by atoms with Crippen molar-refractivity contribution in [2.24, 2.45) is 11.8 Å². The summed E-state index contributed by atoms with van der Waals surface area (Å²) in [5.41, 5.74) is 1.48. The predicted octanol–water partition coefficient (Wildman–Crippen LogP) is 4.10. The quantitative estimate of drug-likeness (QED) is 0.831. The first-order chi connectivity index (χ1) is 8.24. The fourth-order valence-electron chi connectivity index (χ4n) is 2.74. The number of thiophene rings is 1. The van der Waals surface area contributed by atoms with Crippen LogP contribution in [0, 0.1) is 11.8 Å². The highest BCUT2D eigenvalue weighted by atomic mass is 32.1. The molecular weight excluding hydrogens is 226 g/mol. The van der Waals surface area contributed by atoms with Crippen molar-refractivity contribution >= 4 is 11.3 Å². The van der Waals surface area contributed by atoms with Crippen LogP contribution in [0.1, 0.15) is 45.1 Å². The first-order valence-corrected chi connectivity index (χ1v) is 7.92. The van der Waals surface area contributed by atoms with Crippen LogP contribution in [0.25, 0.3) is 0 Å². The molecule has 0 aliphatic heterocycles. The summed E-state index contributed by atoms with van der Waals surface area (Å²) in [6.45, 7) is 5.92. The molecule has 17 heavy (non-hydrogen) atoms. The Hall–Kier alpha value is -0.340. The lowest BCUT2D eigenvalue weighted by molar-refractivity contribution is 0.275. The molecule has 1 heterocycles. The van der Waals surface area contributed by atoms with Crippen molar-refractivity contribution in [1.29, 1.82) is 0 Å². The number of hydrogen-bond acceptors (Lipinski definition) is 2. The van der Waals surface area contributed by atoms with Crippen molar-refractivity contribution in [2.75, 3.05) is 6.54 Å². The molecule has 0 aromatic carbocycles. The highest BCUT2D eigenvalue weighted by Crippen LogP contribution is 2.27. The van der Waals surface area contributed by atoms with Gasteiger partial charge in [-0.25, -0.2) is 0 Å². The van der Waals surface area contributed by atoms with Gasteiger partial charge in [-0.1, -0.05) is 19.8 Å². The smallest absolute Gasteiger partial charge is 0.00795 e. The van der Waals surface area contributed by atoms with Crippen LogP contribution in [0.4, 0.5) is 0 Å².